The van der Waals surface area contributed by atoms with Crippen LogP contribution in [0.1, 0.15) is 29.9 Å². The van der Waals surface area contributed by atoms with Crippen LogP contribution in [-0.2, 0) is 4.46 Å². The molecule has 1 nitrogen and oxygen atoms in total. The van der Waals surface area contributed by atoms with E-state index in [1.165, 1.54) is 18.4 Å². The Kier molecular flexibility index (Phi) is 2.26. The molecule has 70 valence electrons. The van der Waals surface area contributed by atoms with Crippen LogP contribution in [0.15, 0.2) is 24.3 Å². The molecule has 1 aliphatic rings. The van der Waals surface area contributed by atoms with Crippen LogP contribution in [-0.4, -0.2) is 0 Å². The normalized spacial score (nSPS) is 17.5. The summed E-state index contributed by atoms with van der Waals surface area (Å²) < 4.78 is -1.25. The highest BCUT2D eigenvalue weighted by atomic mass is 35.5. The fraction of sp³-hybridized carbons (Fsp3) is 0.400. The van der Waals surface area contributed by atoms with Crippen LogP contribution in [0.3, 0.4) is 0 Å². The molecule has 1 aromatic carbocycles. The van der Waals surface area contributed by atoms with E-state index in [2.05, 4.69) is 6.07 Å². The van der Waals surface area contributed by atoms with E-state index in [1.807, 2.05) is 18.2 Å². The zero-order valence-corrected chi connectivity index (χ0v) is 8.65. The maximum Gasteiger partial charge on any atom is 0.192 e. The minimum absolute atomic E-state index is 0.622. The number of rotatable bonds is 2. The minimum atomic E-state index is -1.25. The van der Waals surface area contributed by atoms with Crippen molar-refractivity contribution in [2.45, 2.75) is 23.2 Å². The molecule has 1 aliphatic carbocycles. The molecule has 0 heterocycles. The molecule has 2 rings (SSSR count). The number of hydrogen-bond donors (Lipinski definition) is 1. The molecule has 0 amide bonds. The lowest BCUT2D eigenvalue weighted by Gasteiger charge is -2.17. The first-order valence-electron chi connectivity index (χ1n) is 4.35. The average Bonchev–Trinajstić information content (AvgIpc) is 2.85. The summed E-state index contributed by atoms with van der Waals surface area (Å²) in [4.78, 5) is 0. The van der Waals surface area contributed by atoms with E-state index in [0.29, 0.717) is 5.92 Å². The number of hydrogen-bond acceptors (Lipinski definition) is 1. The summed E-state index contributed by atoms with van der Waals surface area (Å²) in [5, 5.41) is 0. The topological polar surface area (TPSA) is 26.0 Å². The Hall–Kier alpha value is -0.240. The highest BCUT2D eigenvalue weighted by molar-refractivity contribution is 6.47. The van der Waals surface area contributed by atoms with Gasteiger partial charge in [0.25, 0.3) is 0 Å². The summed E-state index contributed by atoms with van der Waals surface area (Å²) in [6, 6.07) is 7.86. The summed E-state index contributed by atoms with van der Waals surface area (Å²) in [5.41, 5.74) is 7.71. The van der Waals surface area contributed by atoms with Gasteiger partial charge in [0.2, 0.25) is 0 Å². The maximum absolute atomic E-state index is 5.88. The van der Waals surface area contributed by atoms with Crippen molar-refractivity contribution in [2.24, 2.45) is 5.73 Å². The molecule has 0 spiro atoms. The largest absolute Gasteiger partial charge is 0.296 e. The first-order chi connectivity index (χ1) is 6.09. The predicted octanol–water partition coefficient (Wildman–Crippen LogP) is 3.11. The summed E-state index contributed by atoms with van der Waals surface area (Å²) in [6.07, 6.45) is 2.45. The summed E-state index contributed by atoms with van der Waals surface area (Å²) in [6.45, 7) is 0. The third kappa shape index (κ3) is 1.98. The third-order valence-electron chi connectivity index (χ3n) is 2.34. The first kappa shape index (κ1) is 9.32. The van der Waals surface area contributed by atoms with Gasteiger partial charge in [-0.15, -0.1) is 0 Å². The standard InChI is InChI=1S/C10H11Cl2N/c11-10(12,13)9-4-2-1-3-8(9)7-5-6-7/h1-4,7H,5-6,13H2. The van der Waals surface area contributed by atoms with Gasteiger partial charge in [0.1, 0.15) is 0 Å². The number of halogens is 2. The van der Waals surface area contributed by atoms with Crippen molar-refractivity contribution in [2.75, 3.05) is 0 Å². The minimum Gasteiger partial charge on any atom is -0.296 e. The van der Waals surface area contributed by atoms with Crippen LogP contribution < -0.4 is 5.73 Å². The van der Waals surface area contributed by atoms with Gasteiger partial charge in [0.15, 0.2) is 4.46 Å². The van der Waals surface area contributed by atoms with Gasteiger partial charge in [0.05, 0.1) is 0 Å². The molecular formula is C10H11Cl2N. The SMILES string of the molecule is NC(Cl)(Cl)c1ccccc1C1CC1. The Balaban J connectivity index is 2.43. The van der Waals surface area contributed by atoms with Crippen molar-refractivity contribution >= 4 is 23.2 Å². The van der Waals surface area contributed by atoms with Crippen LogP contribution in [0.25, 0.3) is 0 Å². The van der Waals surface area contributed by atoms with E-state index in [4.69, 9.17) is 28.9 Å². The zero-order chi connectivity index (χ0) is 9.47. The van der Waals surface area contributed by atoms with Crippen molar-refractivity contribution in [3.63, 3.8) is 0 Å². The number of nitrogens with two attached hydrogens (primary N) is 1. The van der Waals surface area contributed by atoms with Crippen molar-refractivity contribution < 1.29 is 0 Å². The lowest BCUT2D eigenvalue weighted by molar-refractivity contribution is 0.883. The summed E-state index contributed by atoms with van der Waals surface area (Å²) in [7, 11) is 0. The molecule has 3 heteroatoms. The fourth-order valence-corrected chi connectivity index (χ4v) is 1.90. The second kappa shape index (κ2) is 3.16. The van der Waals surface area contributed by atoms with E-state index >= 15 is 0 Å². The predicted molar refractivity (Wildman–Crippen MR) is 56.0 cm³/mol. The molecule has 2 N–H and O–H groups in total. The molecule has 1 aromatic rings. The van der Waals surface area contributed by atoms with E-state index in [1.54, 1.807) is 0 Å². The molecule has 0 radical (unpaired) electrons. The van der Waals surface area contributed by atoms with Gasteiger partial charge < -0.3 is 0 Å². The molecule has 13 heavy (non-hydrogen) atoms. The third-order valence-corrected chi connectivity index (χ3v) is 2.74. The van der Waals surface area contributed by atoms with Gasteiger partial charge in [-0.05, 0) is 24.3 Å². The molecule has 0 saturated heterocycles. The van der Waals surface area contributed by atoms with Gasteiger partial charge in [-0.25, -0.2) is 0 Å². The number of benzene rings is 1. The van der Waals surface area contributed by atoms with Gasteiger partial charge in [-0.3, -0.25) is 5.73 Å². The van der Waals surface area contributed by atoms with Gasteiger partial charge in [-0.1, -0.05) is 47.5 Å². The molecule has 0 unspecified atom stereocenters. The molecule has 1 fully saturated rings. The second-order valence-corrected chi connectivity index (χ2v) is 4.87. The van der Waals surface area contributed by atoms with E-state index in [-0.39, 0.29) is 0 Å². The van der Waals surface area contributed by atoms with Crippen LogP contribution in [0.5, 0.6) is 0 Å². The highest BCUT2D eigenvalue weighted by Gasteiger charge is 2.31. The van der Waals surface area contributed by atoms with Gasteiger partial charge in [-0.2, -0.15) is 0 Å². The Morgan fingerprint density at radius 3 is 2.38 bits per heavy atom. The van der Waals surface area contributed by atoms with E-state index in [0.717, 1.165) is 5.56 Å². The van der Waals surface area contributed by atoms with Crippen LogP contribution in [0.4, 0.5) is 0 Å². The van der Waals surface area contributed by atoms with Crippen LogP contribution in [0.2, 0.25) is 0 Å². The Bertz CT molecular complexity index is 313. The molecule has 0 aliphatic heterocycles. The van der Waals surface area contributed by atoms with Crippen molar-refractivity contribution in [1.82, 2.24) is 0 Å². The molecule has 0 bridgehead atoms. The lowest BCUT2D eigenvalue weighted by Crippen LogP contribution is -2.23. The van der Waals surface area contributed by atoms with Crippen molar-refractivity contribution in [3.05, 3.63) is 35.4 Å². The smallest absolute Gasteiger partial charge is 0.192 e. The number of alkyl halides is 2. The first-order valence-corrected chi connectivity index (χ1v) is 5.11. The van der Waals surface area contributed by atoms with E-state index in [9.17, 15) is 0 Å². The lowest BCUT2D eigenvalue weighted by atomic mass is 10.0. The van der Waals surface area contributed by atoms with E-state index < -0.39 is 4.46 Å². The summed E-state index contributed by atoms with van der Waals surface area (Å²) >= 11 is 11.8. The summed E-state index contributed by atoms with van der Waals surface area (Å²) in [5.74, 6) is 0.622. The average molecular weight is 216 g/mol. The maximum atomic E-state index is 5.88. The Morgan fingerprint density at radius 1 is 1.23 bits per heavy atom. The van der Waals surface area contributed by atoms with Crippen molar-refractivity contribution in [1.29, 1.82) is 0 Å². The van der Waals surface area contributed by atoms with Gasteiger partial charge in [0, 0.05) is 5.56 Å². The van der Waals surface area contributed by atoms with Crippen molar-refractivity contribution in [3.8, 4) is 0 Å². The monoisotopic (exact) mass is 215 g/mol. The molecular weight excluding hydrogens is 205 g/mol. The fourth-order valence-electron chi connectivity index (χ4n) is 1.55. The molecule has 0 aromatic heterocycles. The Morgan fingerprint density at radius 2 is 1.85 bits per heavy atom. The van der Waals surface area contributed by atoms with Gasteiger partial charge >= 0.3 is 0 Å². The molecule has 0 atom stereocenters. The zero-order valence-electron chi connectivity index (χ0n) is 7.13. The van der Waals surface area contributed by atoms with Crippen LogP contribution in [0, 0.1) is 0 Å². The van der Waals surface area contributed by atoms with Crippen LogP contribution >= 0.6 is 23.2 Å². The Labute approximate surface area is 87.8 Å². The quantitative estimate of drug-likeness (QED) is 0.596. The molecule has 1 saturated carbocycles. The highest BCUT2D eigenvalue weighted by Crippen LogP contribution is 2.45. The second-order valence-electron chi connectivity index (χ2n) is 3.48.